The van der Waals surface area contributed by atoms with Gasteiger partial charge in [-0.1, -0.05) is 236 Å². The van der Waals surface area contributed by atoms with E-state index in [1.165, 1.54) is 229 Å². The second kappa shape index (κ2) is 33.0. The standard InChI is InChI=1S/C51H88/c1-5-8-11-14-15-16-17-18-19-20-21-22-23-24-25-28-30-36-48(38-33-32-35-47-44-42-46(4)43-45-47)51-41-34-39-49(37-29-26-12-9-6-2)50(51)40-31-27-13-10-7-3/h34,39,41-45,48H,5-33,35-38,40H2,1-4H3. The van der Waals surface area contributed by atoms with Gasteiger partial charge in [0.05, 0.1) is 0 Å². The molecular formula is C51H88. The first kappa shape index (κ1) is 45.6. The van der Waals surface area contributed by atoms with Crippen LogP contribution in [-0.2, 0) is 19.3 Å². The summed E-state index contributed by atoms with van der Waals surface area (Å²) in [5.41, 5.74) is 8.12. The van der Waals surface area contributed by atoms with Gasteiger partial charge < -0.3 is 0 Å². The molecule has 0 heterocycles. The first-order valence-corrected chi connectivity index (χ1v) is 23.4. The van der Waals surface area contributed by atoms with Crippen molar-refractivity contribution in [1.82, 2.24) is 0 Å². The van der Waals surface area contributed by atoms with Crippen LogP contribution in [0, 0.1) is 6.92 Å². The lowest BCUT2D eigenvalue weighted by Gasteiger charge is -2.24. The van der Waals surface area contributed by atoms with Crippen molar-refractivity contribution in [2.45, 2.75) is 252 Å². The third-order valence-electron chi connectivity index (χ3n) is 11.9. The summed E-state index contributed by atoms with van der Waals surface area (Å²) in [6.07, 6.45) is 47.8. The summed E-state index contributed by atoms with van der Waals surface area (Å²) in [4.78, 5) is 0. The van der Waals surface area contributed by atoms with Crippen LogP contribution in [0.15, 0.2) is 42.5 Å². The molecule has 0 nitrogen and oxygen atoms in total. The van der Waals surface area contributed by atoms with Crippen LogP contribution < -0.4 is 0 Å². The molecule has 2 aromatic rings. The molecule has 0 N–H and O–H groups in total. The van der Waals surface area contributed by atoms with E-state index in [1.807, 2.05) is 0 Å². The third-order valence-corrected chi connectivity index (χ3v) is 11.9. The molecular weight excluding hydrogens is 613 g/mol. The van der Waals surface area contributed by atoms with Crippen LogP contribution in [0.2, 0.25) is 0 Å². The highest BCUT2D eigenvalue weighted by molar-refractivity contribution is 5.38. The van der Waals surface area contributed by atoms with Crippen molar-refractivity contribution in [2.75, 3.05) is 0 Å². The van der Waals surface area contributed by atoms with Gasteiger partial charge >= 0.3 is 0 Å². The molecule has 0 amide bonds. The van der Waals surface area contributed by atoms with Gasteiger partial charge in [0, 0.05) is 0 Å². The average molecular weight is 701 g/mol. The summed E-state index contributed by atoms with van der Waals surface area (Å²) >= 11 is 0. The van der Waals surface area contributed by atoms with Crippen molar-refractivity contribution in [3.8, 4) is 0 Å². The van der Waals surface area contributed by atoms with Crippen LogP contribution in [0.5, 0.6) is 0 Å². The van der Waals surface area contributed by atoms with Crippen molar-refractivity contribution in [1.29, 1.82) is 0 Å². The Kier molecular flexibility index (Phi) is 29.5. The predicted octanol–water partition coefficient (Wildman–Crippen LogP) is 17.6. The van der Waals surface area contributed by atoms with Gasteiger partial charge in [-0.15, -0.1) is 0 Å². The van der Waals surface area contributed by atoms with E-state index in [1.54, 1.807) is 16.7 Å². The summed E-state index contributed by atoms with van der Waals surface area (Å²) in [5.74, 6) is 0.741. The van der Waals surface area contributed by atoms with Crippen molar-refractivity contribution in [3.05, 3.63) is 70.3 Å². The van der Waals surface area contributed by atoms with Gasteiger partial charge in [0.2, 0.25) is 0 Å². The average Bonchev–Trinajstić information content (AvgIpc) is 3.14. The fraction of sp³-hybridized carbons (Fsp3) is 0.765. The Morgan fingerprint density at radius 2 is 0.765 bits per heavy atom. The Labute approximate surface area is 321 Å². The lowest BCUT2D eigenvalue weighted by molar-refractivity contribution is 0.487. The van der Waals surface area contributed by atoms with Gasteiger partial charge in [0.25, 0.3) is 0 Å². The zero-order chi connectivity index (χ0) is 36.5. The van der Waals surface area contributed by atoms with Crippen LogP contribution in [0.3, 0.4) is 0 Å². The minimum absolute atomic E-state index is 0.741. The summed E-state index contributed by atoms with van der Waals surface area (Å²) in [6, 6.07) is 16.8. The second-order valence-corrected chi connectivity index (χ2v) is 16.7. The lowest BCUT2D eigenvalue weighted by Crippen LogP contribution is -2.08. The Morgan fingerprint density at radius 1 is 0.373 bits per heavy atom. The Hall–Kier alpha value is -1.56. The molecule has 0 aromatic heterocycles. The molecule has 2 rings (SSSR count). The second-order valence-electron chi connectivity index (χ2n) is 16.7. The number of unbranched alkanes of at least 4 members (excludes halogenated alkanes) is 25. The van der Waals surface area contributed by atoms with Crippen LogP contribution in [0.25, 0.3) is 0 Å². The van der Waals surface area contributed by atoms with E-state index in [0.717, 1.165) is 5.92 Å². The van der Waals surface area contributed by atoms with Gasteiger partial charge in [-0.2, -0.15) is 0 Å². The zero-order valence-corrected chi connectivity index (χ0v) is 35.2. The van der Waals surface area contributed by atoms with E-state index in [4.69, 9.17) is 0 Å². The fourth-order valence-electron chi connectivity index (χ4n) is 8.45. The fourth-order valence-corrected chi connectivity index (χ4v) is 8.45. The first-order valence-electron chi connectivity index (χ1n) is 23.4. The zero-order valence-electron chi connectivity index (χ0n) is 35.2. The van der Waals surface area contributed by atoms with E-state index in [-0.39, 0.29) is 0 Å². The molecule has 0 heteroatoms. The van der Waals surface area contributed by atoms with E-state index < -0.39 is 0 Å². The van der Waals surface area contributed by atoms with Crippen molar-refractivity contribution < 1.29 is 0 Å². The summed E-state index contributed by atoms with van der Waals surface area (Å²) in [6.45, 7) is 9.19. The SMILES string of the molecule is CCCCCCCCCCCCCCCCCCCC(CCCCc1ccc(C)cc1)c1cccc(CCCCCCC)c1CCCCCCC. The molecule has 51 heavy (non-hydrogen) atoms. The largest absolute Gasteiger partial charge is 0.0654 e. The van der Waals surface area contributed by atoms with Crippen LogP contribution in [-0.4, -0.2) is 0 Å². The van der Waals surface area contributed by atoms with E-state index in [0.29, 0.717) is 0 Å². The van der Waals surface area contributed by atoms with Gasteiger partial charge in [0.1, 0.15) is 0 Å². The minimum Gasteiger partial charge on any atom is -0.0654 e. The highest BCUT2D eigenvalue weighted by atomic mass is 14.2. The molecule has 0 saturated heterocycles. The Bertz CT molecular complexity index is 1010. The monoisotopic (exact) mass is 701 g/mol. The van der Waals surface area contributed by atoms with Gasteiger partial charge in [-0.3, -0.25) is 0 Å². The molecule has 0 aliphatic carbocycles. The number of hydrogen-bond acceptors (Lipinski definition) is 0. The molecule has 0 spiro atoms. The molecule has 0 bridgehead atoms. The third kappa shape index (κ3) is 23.7. The highest BCUT2D eigenvalue weighted by Gasteiger charge is 2.18. The minimum atomic E-state index is 0.741. The maximum Gasteiger partial charge on any atom is -0.0159 e. The molecule has 0 fully saturated rings. The maximum absolute atomic E-state index is 2.57. The topological polar surface area (TPSA) is 0 Å². The molecule has 0 aliphatic heterocycles. The summed E-state index contributed by atoms with van der Waals surface area (Å²) < 4.78 is 0. The van der Waals surface area contributed by atoms with Crippen molar-refractivity contribution in [2.24, 2.45) is 0 Å². The molecule has 0 aliphatic rings. The normalized spacial score (nSPS) is 12.2. The van der Waals surface area contributed by atoms with Gasteiger partial charge in [-0.05, 0) is 86.5 Å². The summed E-state index contributed by atoms with van der Waals surface area (Å²) in [5, 5.41) is 0. The van der Waals surface area contributed by atoms with Crippen LogP contribution in [0.4, 0.5) is 0 Å². The molecule has 292 valence electrons. The highest BCUT2D eigenvalue weighted by Crippen LogP contribution is 2.34. The number of aryl methyl sites for hydroxylation is 3. The lowest BCUT2D eigenvalue weighted by atomic mass is 9.81. The Morgan fingerprint density at radius 3 is 1.25 bits per heavy atom. The molecule has 2 aromatic carbocycles. The molecule has 1 unspecified atom stereocenters. The number of hydrogen-bond donors (Lipinski definition) is 0. The quantitative estimate of drug-likeness (QED) is 0.0621. The summed E-state index contributed by atoms with van der Waals surface area (Å²) in [7, 11) is 0. The van der Waals surface area contributed by atoms with Gasteiger partial charge in [-0.25, -0.2) is 0 Å². The van der Waals surface area contributed by atoms with Crippen molar-refractivity contribution >= 4 is 0 Å². The van der Waals surface area contributed by atoms with E-state index >= 15 is 0 Å². The van der Waals surface area contributed by atoms with E-state index in [2.05, 4.69) is 70.2 Å². The van der Waals surface area contributed by atoms with E-state index in [9.17, 15) is 0 Å². The Balaban J connectivity index is 1.86. The van der Waals surface area contributed by atoms with Gasteiger partial charge in [0.15, 0.2) is 0 Å². The first-order chi connectivity index (χ1) is 25.2. The molecule has 0 saturated carbocycles. The predicted molar refractivity (Wildman–Crippen MR) is 232 cm³/mol. The maximum atomic E-state index is 2.57. The molecule has 0 radical (unpaired) electrons. The number of rotatable bonds is 36. The van der Waals surface area contributed by atoms with Crippen LogP contribution in [0.1, 0.15) is 254 Å². The van der Waals surface area contributed by atoms with Crippen LogP contribution >= 0.6 is 0 Å². The van der Waals surface area contributed by atoms with Crippen molar-refractivity contribution in [3.63, 3.8) is 0 Å². The number of benzene rings is 2. The molecule has 1 atom stereocenters. The smallest absolute Gasteiger partial charge is 0.0159 e.